The van der Waals surface area contributed by atoms with Gasteiger partial charge in [-0.2, -0.15) is 0 Å². The zero-order valence-corrected chi connectivity index (χ0v) is 12.8. The topological polar surface area (TPSA) is 73.6 Å². The summed E-state index contributed by atoms with van der Waals surface area (Å²) in [6, 6.07) is 5.15. The molecule has 112 valence electrons. The number of rotatable bonds is 4. The molecule has 1 aliphatic rings. The average molecular weight is 301 g/mol. The first kappa shape index (κ1) is 16.6. The molecule has 1 amide bonds. The fourth-order valence-corrected chi connectivity index (χ4v) is 1.80. The Morgan fingerprint density at radius 1 is 1.40 bits per heavy atom. The van der Waals surface area contributed by atoms with Crippen molar-refractivity contribution >= 4 is 18.3 Å². The van der Waals surface area contributed by atoms with Crippen molar-refractivity contribution in [1.29, 1.82) is 0 Å². The van der Waals surface area contributed by atoms with Gasteiger partial charge >= 0.3 is 0 Å². The van der Waals surface area contributed by atoms with Crippen LogP contribution < -0.4 is 20.5 Å². The second kappa shape index (κ2) is 6.33. The van der Waals surface area contributed by atoms with Crippen molar-refractivity contribution in [1.82, 2.24) is 5.32 Å². The van der Waals surface area contributed by atoms with Gasteiger partial charge in [-0.3, -0.25) is 4.79 Å². The molecule has 0 aromatic heterocycles. The fraction of sp³-hybridized carbons (Fsp3) is 0.500. The molecule has 0 spiro atoms. The molecule has 0 fully saturated rings. The van der Waals surface area contributed by atoms with Crippen molar-refractivity contribution in [3.63, 3.8) is 0 Å². The third-order valence-corrected chi connectivity index (χ3v) is 3.73. The van der Waals surface area contributed by atoms with Crippen LogP contribution in [0.15, 0.2) is 18.2 Å². The van der Waals surface area contributed by atoms with Crippen LogP contribution in [0.3, 0.4) is 0 Å². The Bertz CT molecular complexity index is 493. The molecule has 0 bridgehead atoms. The molecule has 20 heavy (non-hydrogen) atoms. The maximum atomic E-state index is 12.3. The number of benzene rings is 1. The van der Waals surface area contributed by atoms with E-state index in [1.165, 1.54) is 0 Å². The van der Waals surface area contributed by atoms with E-state index < -0.39 is 5.54 Å². The van der Waals surface area contributed by atoms with Gasteiger partial charge in [0, 0.05) is 12.1 Å². The number of nitrogens with one attached hydrogen (secondary N) is 1. The number of fused-ring (bicyclic) bond motifs is 1. The number of ether oxygens (including phenoxy) is 2. The van der Waals surface area contributed by atoms with Crippen molar-refractivity contribution in [3.8, 4) is 11.5 Å². The summed E-state index contributed by atoms with van der Waals surface area (Å²) in [5.41, 5.74) is 5.89. The number of amides is 1. The third kappa shape index (κ3) is 3.16. The summed E-state index contributed by atoms with van der Waals surface area (Å²) in [6.07, 6.45) is 0. The fourth-order valence-electron chi connectivity index (χ4n) is 1.80. The highest BCUT2D eigenvalue weighted by atomic mass is 35.5. The highest BCUT2D eigenvalue weighted by molar-refractivity contribution is 5.95. The summed E-state index contributed by atoms with van der Waals surface area (Å²) in [5, 5.41) is 2.99. The second-order valence-corrected chi connectivity index (χ2v) is 5.30. The molecule has 1 heterocycles. The Labute approximate surface area is 125 Å². The number of hydrogen-bond donors (Lipinski definition) is 2. The third-order valence-electron chi connectivity index (χ3n) is 3.73. The van der Waals surface area contributed by atoms with Crippen LogP contribution in [-0.2, 0) is 0 Å². The lowest BCUT2D eigenvalue weighted by Crippen LogP contribution is -2.55. The Kier molecular flexibility index (Phi) is 5.25. The van der Waals surface area contributed by atoms with E-state index in [0.717, 1.165) is 0 Å². The maximum Gasteiger partial charge on any atom is 0.251 e. The first-order valence-corrected chi connectivity index (χ1v) is 6.38. The minimum atomic E-state index is -0.423. The quantitative estimate of drug-likeness (QED) is 0.891. The summed E-state index contributed by atoms with van der Waals surface area (Å²) in [4.78, 5) is 12.3. The van der Waals surface area contributed by atoms with Crippen LogP contribution in [0, 0.1) is 5.92 Å². The molecule has 1 atom stereocenters. The minimum Gasteiger partial charge on any atom is -0.454 e. The van der Waals surface area contributed by atoms with Gasteiger partial charge in [0.25, 0.3) is 5.91 Å². The van der Waals surface area contributed by atoms with Crippen molar-refractivity contribution < 1.29 is 14.3 Å². The van der Waals surface area contributed by atoms with Crippen molar-refractivity contribution in [3.05, 3.63) is 23.8 Å². The molecule has 1 aromatic carbocycles. The lowest BCUT2D eigenvalue weighted by atomic mass is 9.88. The van der Waals surface area contributed by atoms with E-state index in [4.69, 9.17) is 15.2 Å². The second-order valence-electron chi connectivity index (χ2n) is 5.30. The molecule has 1 aliphatic heterocycles. The monoisotopic (exact) mass is 300 g/mol. The normalized spacial score (nSPS) is 15.4. The van der Waals surface area contributed by atoms with E-state index in [1.54, 1.807) is 18.2 Å². The summed E-state index contributed by atoms with van der Waals surface area (Å²) in [7, 11) is 0. The van der Waals surface area contributed by atoms with Gasteiger partial charge in [0.15, 0.2) is 11.5 Å². The van der Waals surface area contributed by atoms with Crippen LogP contribution in [0.1, 0.15) is 31.1 Å². The Hall–Kier alpha value is -1.46. The Morgan fingerprint density at radius 3 is 2.65 bits per heavy atom. The van der Waals surface area contributed by atoms with Crippen LogP contribution in [-0.4, -0.2) is 24.8 Å². The van der Waals surface area contributed by atoms with E-state index in [0.29, 0.717) is 23.6 Å². The first-order valence-electron chi connectivity index (χ1n) is 6.38. The number of hydrogen-bond acceptors (Lipinski definition) is 4. The lowest BCUT2D eigenvalue weighted by Gasteiger charge is -2.33. The van der Waals surface area contributed by atoms with E-state index in [9.17, 15) is 4.79 Å². The molecule has 6 heteroatoms. The highest BCUT2D eigenvalue weighted by Crippen LogP contribution is 2.32. The lowest BCUT2D eigenvalue weighted by molar-refractivity contribution is 0.0883. The molecule has 2 rings (SSSR count). The SMILES string of the molecule is CC(C)C(C)(CN)NC(=O)c1ccc2c(c1)OCO2.Cl. The summed E-state index contributed by atoms with van der Waals surface area (Å²) in [5.74, 6) is 1.36. The van der Waals surface area contributed by atoms with E-state index in [-0.39, 0.29) is 31.0 Å². The van der Waals surface area contributed by atoms with Crippen LogP contribution >= 0.6 is 12.4 Å². The average Bonchev–Trinajstić information content (AvgIpc) is 2.85. The first-order chi connectivity index (χ1) is 8.96. The zero-order chi connectivity index (χ0) is 14.0. The van der Waals surface area contributed by atoms with Crippen LogP contribution in [0.5, 0.6) is 11.5 Å². The van der Waals surface area contributed by atoms with Crippen LogP contribution in [0.4, 0.5) is 0 Å². The van der Waals surface area contributed by atoms with Gasteiger partial charge in [-0.25, -0.2) is 0 Å². The van der Waals surface area contributed by atoms with Gasteiger partial charge in [-0.15, -0.1) is 12.4 Å². The van der Waals surface area contributed by atoms with Crippen LogP contribution in [0.2, 0.25) is 0 Å². The number of halogens is 1. The summed E-state index contributed by atoms with van der Waals surface area (Å²) >= 11 is 0. The largest absolute Gasteiger partial charge is 0.454 e. The van der Waals surface area contributed by atoms with Crippen molar-refractivity contribution in [2.45, 2.75) is 26.3 Å². The van der Waals surface area contributed by atoms with Gasteiger partial charge in [0.05, 0.1) is 5.54 Å². The summed E-state index contributed by atoms with van der Waals surface area (Å²) < 4.78 is 10.5. The molecule has 3 N–H and O–H groups in total. The number of nitrogens with two attached hydrogens (primary N) is 1. The molecule has 0 saturated heterocycles. The summed E-state index contributed by atoms with van der Waals surface area (Å²) in [6.45, 7) is 6.61. The predicted octanol–water partition coefficient (Wildman–Crippen LogP) is 1.94. The number of carbonyl (C=O) groups excluding carboxylic acids is 1. The molecule has 1 aromatic rings. The van der Waals surface area contributed by atoms with Gasteiger partial charge in [-0.05, 0) is 31.0 Å². The van der Waals surface area contributed by atoms with Gasteiger partial charge in [-0.1, -0.05) is 13.8 Å². The van der Waals surface area contributed by atoms with E-state index in [1.807, 2.05) is 20.8 Å². The van der Waals surface area contributed by atoms with Crippen molar-refractivity contribution in [2.24, 2.45) is 11.7 Å². The number of carbonyl (C=O) groups is 1. The van der Waals surface area contributed by atoms with Gasteiger partial charge in [0.2, 0.25) is 6.79 Å². The highest BCUT2D eigenvalue weighted by Gasteiger charge is 2.29. The van der Waals surface area contributed by atoms with E-state index >= 15 is 0 Å². The van der Waals surface area contributed by atoms with Gasteiger partial charge < -0.3 is 20.5 Å². The molecule has 0 radical (unpaired) electrons. The van der Waals surface area contributed by atoms with Crippen LogP contribution in [0.25, 0.3) is 0 Å². The zero-order valence-electron chi connectivity index (χ0n) is 11.9. The molecule has 1 unspecified atom stereocenters. The maximum absolute atomic E-state index is 12.3. The Morgan fingerprint density at radius 2 is 2.05 bits per heavy atom. The molecule has 0 saturated carbocycles. The van der Waals surface area contributed by atoms with Crippen molar-refractivity contribution in [2.75, 3.05) is 13.3 Å². The molecular formula is C14H21ClN2O3. The van der Waals surface area contributed by atoms with E-state index in [2.05, 4.69) is 5.32 Å². The Balaban J connectivity index is 0.00000200. The minimum absolute atomic E-state index is 0. The molecular weight excluding hydrogens is 280 g/mol. The smallest absolute Gasteiger partial charge is 0.251 e. The standard InChI is InChI=1S/C14H20N2O3.ClH/c1-9(2)14(3,7-15)16-13(17)10-4-5-11-12(6-10)19-8-18-11;/h4-6,9H,7-8,15H2,1-3H3,(H,16,17);1H. The molecule has 5 nitrogen and oxygen atoms in total. The predicted molar refractivity (Wildman–Crippen MR) is 79.6 cm³/mol. The van der Waals surface area contributed by atoms with Gasteiger partial charge in [0.1, 0.15) is 0 Å². The molecule has 0 aliphatic carbocycles.